The Balaban J connectivity index is 2.12. The first-order valence-corrected chi connectivity index (χ1v) is 6.90. The smallest absolute Gasteiger partial charge is 0.240 e. The van der Waals surface area contributed by atoms with Crippen molar-refractivity contribution in [3.63, 3.8) is 0 Å². The van der Waals surface area contributed by atoms with Gasteiger partial charge in [-0.15, -0.1) is 0 Å². The quantitative estimate of drug-likeness (QED) is 0.781. The highest BCUT2D eigenvalue weighted by Gasteiger charge is 2.21. The molecular weight excluding hydrogens is 266 g/mol. The third-order valence-electron chi connectivity index (χ3n) is 3.45. The largest absolute Gasteiger partial charge is 0.338 e. The molecule has 0 aliphatic carbocycles. The van der Waals surface area contributed by atoms with Crippen molar-refractivity contribution < 1.29 is 4.52 Å². The number of imidazole rings is 1. The van der Waals surface area contributed by atoms with Crippen LogP contribution in [0.15, 0.2) is 22.7 Å². The average Bonchev–Trinajstić information content (AvgIpc) is 3.03. The van der Waals surface area contributed by atoms with Crippen LogP contribution in [0.3, 0.4) is 0 Å². The molecule has 0 unspecified atom stereocenters. The lowest BCUT2D eigenvalue weighted by Crippen LogP contribution is -2.17. The number of aromatic nitrogens is 4. The summed E-state index contributed by atoms with van der Waals surface area (Å²) in [6.07, 6.45) is 0. The molecule has 0 spiro atoms. The summed E-state index contributed by atoms with van der Waals surface area (Å²) in [7, 11) is 2.04. The average molecular weight is 285 g/mol. The highest BCUT2D eigenvalue weighted by Crippen LogP contribution is 2.27. The summed E-state index contributed by atoms with van der Waals surface area (Å²) in [5.74, 6) is 2.02. The first kappa shape index (κ1) is 13.8. The fourth-order valence-electron chi connectivity index (χ4n) is 2.46. The number of hydrogen-bond acceptors (Lipinski definition) is 5. The number of fused-ring (bicyclic) bond motifs is 1. The van der Waals surface area contributed by atoms with Gasteiger partial charge in [0.25, 0.3) is 0 Å². The number of benzene rings is 1. The topological polar surface area (TPSA) is 82.8 Å². The van der Waals surface area contributed by atoms with Crippen molar-refractivity contribution in [2.45, 2.75) is 32.7 Å². The van der Waals surface area contributed by atoms with Crippen LogP contribution in [0.1, 0.15) is 32.5 Å². The van der Waals surface area contributed by atoms with Crippen LogP contribution in [0.5, 0.6) is 0 Å². The minimum Gasteiger partial charge on any atom is -0.338 e. The third-order valence-corrected chi connectivity index (χ3v) is 3.45. The van der Waals surface area contributed by atoms with Gasteiger partial charge in [0, 0.05) is 18.0 Å². The Morgan fingerprint density at radius 1 is 1.24 bits per heavy atom. The summed E-state index contributed by atoms with van der Waals surface area (Å²) in [6, 6.07) is 5.99. The van der Waals surface area contributed by atoms with Gasteiger partial charge >= 0.3 is 0 Å². The van der Waals surface area contributed by atoms with E-state index in [9.17, 15) is 0 Å². The molecule has 0 bridgehead atoms. The molecule has 2 aromatic heterocycles. The van der Waals surface area contributed by atoms with Gasteiger partial charge in [-0.1, -0.05) is 25.9 Å². The van der Waals surface area contributed by atoms with Crippen LogP contribution in [-0.4, -0.2) is 19.7 Å². The first-order valence-electron chi connectivity index (χ1n) is 6.90. The van der Waals surface area contributed by atoms with Crippen LogP contribution in [0.4, 0.5) is 0 Å². The van der Waals surface area contributed by atoms with Crippen LogP contribution in [0, 0.1) is 0 Å². The fourth-order valence-corrected chi connectivity index (χ4v) is 2.46. The van der Waals surface area contributed by atoms with E-state index in [1.165, 1.54) is 0 Å². The summed E-state index contributed by atoms with van der Waals surface area (Å²) >= 11 is 0. The van der Waals surface area contributed by atoms with Crippen molar-refractivity contribution in [2.75, 3.05) is 0 Å². The van der Waals surface area contributed by atoms with Gasteiger partial charge in [-0.25, -0.2) is 4.98 Å². The Morgan fingerprint density at radius 2 is 2.00 bits per heavy atom. The van der Waals surface area contributed by atoms with Gasteiger partial charge < -0.3 is 14.8 Å². The zero-order chi connectivity index (χ0) is 15.2. The molecule has 0 radical (unpaired) electrons. The fraction of sp³-hybridized carbons (Fsp3) is 0.400. The van der Waals surface area contributed by atoms with Gasteiger partial charge in [0.15, 0.2) is 0 Å². The summed E-state index contributed by atoms with van der Waals surface area (Å²) in [6.45, 7) is 6.71. The Morgan fingerprint density at radius 3 is 2.62 bits per heavy atom. The van der Waals surface area contributed by atoms with Crippen LogP contribution in [0.25, 0.3) is 22.4 Å². The maximum Gasteiger partial charge on any atom is 0.240 e. The van der Waals surface area contributed by atoms with Crippen molar-refractivity contribution in [1.82, 2.24) is 19.7 Å². The lowest BCUT2D eigenvalue weighted by atomic mass is 9.96. The predicted octanol–water partition coefficient (Wildman–Crippen LogP) is 2.38. The minimum absolute atomic E-state index is 0.00715. The van der Waals surface area contributed by atoms with Crippen molar-refractivity contribution in [3.8, 4) is 11.4 Å². The van der Waals surface area contributed by atoms with Gasteiger partial charge in [-0.3, -0.25) is 0 Å². The van der Waals surface area contributed by atoms with E-state index in [1.807, 2.05) is 25.2 Å². The van der Waals surface area contributed by atoms with Crippen molar-refractivity contribution in [1.29, 1.82) is 0 Å². The normalized spacial score (nSPS) is 12.2. The van der Waals surface area contributed by atoms with E-state index in [4.69, 9.17) is 15.2 Å². The van der Waals surface area contributed by atoms with Crippen LogP contribution in [-0.2, 0) is 19.0 Å². The van der Waals surface area contributed by atoms with E-state index >= 15 is 0 Å². The van der Waals surface area contributed by atoms with Gasteiger partial charge in [-0.05, 0) is 18.2 Å². The number of aryl methyl sites for hydroxylation is 1. The van der Waals surface area contributed by atoms with Crippen LogP contribution >= 0.6 is 0 Å². The zero-order valence-corrected chi connectivity index (χ0v) is 12.7. The molecule has 0 amide bonds. The Labute approximate surface area is 123 Å². The molecule has 6 heteroatoms. The van der Waals surface area contributed by atoms with E-state index < -0.39 is 0 Å². The highest BCUT2D eigenvalue weighted by molar-refractivity contribution is 5.81. The van der Waals surface area contributed by atoms with Gasteiger partial charge in [0.2, 0.25) is 11.7 Å². The van der Waals surface area contributed by atoms with Crippen molar-refractivity contribution >= 4 is 11.0 Å². The van der Waals surface area contributed by atoms with Crippen molar-refractivity contribution in [3.05, 3.63) is 29.9 Å². The maximum absolute atomic E-state index is 5.49. The van der Waals surface area contributed by atoms with Gasteiger partial charge in [0.05, 0.1) is 17.6 Å². The van der Waals surface area contributed by atoms with Gasteiger partial charge in [0.1, 0.15) is 5.82 Å². The third kappa shape index (κ3) is 2.31. The number of nitrogens with zero attached hydrogens (tertiary/aromatic N) is 4. The molecule has 0 aliphatic rings. The monoisotopic (exact) mass is 285 g/mol. The molecule has 0 saturated carbocycles. The molecule has 0 fully saturated rings. The molecular formula is C15H19N5O. The van der Waals surface area contributed by atoms with Crippen LogP contribution in [0.2, 0.25) is 0 Å². The standard InChI is InChI=1S/C15H19N5O/c1-15(2,3)14-17-10-7-9(5-6-11(10)20(14)4)13-18-12(8-16)21-19-13/h5-7H,8,16H2,1-4H3. The molecule has 3 aromatic rings. The van der Waals surface area contributed by atoms with E-state index in [0.29, 0.717) is 11.7 Å². The Hall–Kier alpha value is -2.21. The first-order chi connectivity index (χ1) is 9.90. The Kier molecular flexibility index (Phi) is 3.06. The molecule has 1 aromatic carbocycles. The van der Waals surface area contributed by atoms with Crippen LogP contribution < -0.4 is 5.73 Å². The number of rotatable bonds is 2. The number of nitrogens with two attached hydrogens (primary N) is 1. The molecule has 2 heterocycles. The maximum atomic E-state index is 5.49. The molecule has 110 valence electrons. The van der Waals surface area contributed by atoms with E-state index in [1.54, 1.807) is 0 Å². The second kappa shape index (κ2) is 4.66. The summed E-state index contributed by atoms with van der Waals surface area (Å²) in [4.78, 5) is 9.00. The minimum atomic E-state index is -0.00715. The van der Waals surface area contributed by atoms with E-state index in [-0.39, 0.29) is 12.0 Å². The second-order valence-electron chi connectivity index (χ2n) is 6.16. The summed E-state index contributed by atoms with van der Waals surface area (Å²) < 4.78 is 7.18. The molecule has 0 atom stereocenters. The second-order valence-corrected chi connectivity index (χ2v) is 6.16. The van der Waals surface area contributed by atoms with E-state index in [2.05, 4.69) is 35.5 Å². The lowest BCUT2D eigenvalue weighted by molar-refractivity contribution is 0.380. The Bertz CT molecular complexity index is 794. The zero-order valence-electron chi connectivity index (χ0n) is 12.7. The predicted molar refractivity (Wildman–Crippen MR) is 80.6 cm³/mol. The number of hydrogen-bond donors (Lipinski definition) is 1. The summed E-state index contributed by atoms with van der Waals surface area (Å²) in [5, 5.41) is 3.94. The van der Waals surface area contributed by atoms with E-state index in [0.717, 1.165) is 22.4 Å². The molecule has 2 N–H and O–H groups in total. The highest BCUT2D eigenvalue weighted by atomic mass is 16.5. The molecule has 21 heavy (non-hydrogen) atoms. The summed E-state index contributed by atoms with van der Waals surface area (Å²) in [5.41, 5.74) is 8.38. The molecule has 6 nitrogen and oxygen atoms in total. The molecule has 0 saturated heterocycles. The molecule has 3 rings (SSSR count). The van der Waals surface area contributed by atoms with Gasteiger partial charge in [-0.2, -0.15) is 4.98 Å². The molecule has 0 aliphatic heterocycles. The van der Waals surface area contributed by atoms with Crippen molar-refractivity contribution in [2.24, 2.45) is 12.8 Å². The lowest BCUT2D eigenvalue weighted by Gasteiger charge is -2.17. The SMILES string of the molecule is Cn1c(C(C)(C)C)nc2cc(-c3noc(CN)n3)ccc21.